The Morgan fingerprint density at radius 1 is 1.21 bits per heavy atom. The average Bonchev–Trinajstić information content (AvgIpc) is 3.55. The van der Waals surface area contributed by atoms with Crippen LogP contribution in [-0.4, -0.2) is 41.5 Å². The van der Waals surface area contributed by atoms with Crippen molar-refractivity contribution in [2.75, 3.05) is 19.5 Å². The molecule has 152 valence electrons. The molecule has 2 aromatic rings. The van der Waals surface area contributed by atoms with Crippen molar-refractivity contribution in [3.05, 3.63) is 63.7 Å². The Morgan fingerprint density at radius 2 is 1.90 bits per heavy atom. The number of amides is 1. The van der Waals surface area contributed by atoms with Crippen molar-refractivity contribution < 1.29 is 24.0 Å². The Hall–Kier alpha value is -3.62. The van der Waals surface area contributed by atoms with Gasteiger partial charge in [-0.1, -0.05) is 12.1 Å². The van der Waals surface area contributed by atoms with E-state index in [0.717, 1.165) is 36.3 Å². The van der Waals surface area contributed by atoms with E-state index in [1.54, 1.807) is 12.0 Å². The number of hydrogen-bond acceptors (Lipinski definition) is 7. The lowest BCUT2D eigenvalue weighted by Crippen LogP contribution is -2.36. The molecule has 0 heterocycles. The molecule has 1 saturated carbocycles. The number of nitro benzene ring substituents is 1. The standard InChI is InChI=1S/C20H21N3O6/c1-28-16-7-2-13(3-8-16)11-22(14-4-5-14)19(24)12-29-20(25)17-9-6-15(23(26)27)10-18(17)21/h2-3,6-10,14H,4-5,11-12,21H2,1H3. The molecule has 1 aliphatic carbocycles. The van der Waals surface area contributed by atoms with Crippen LogP contribution in [0.5, 0.6) is 5.75 Å². The topological polar surface area (TPSA) is 125 Å². The second-order valence-electron chi connectivity index (χ2n) is 6.71. The van der Waals surface area contributed by atoms with E-state index in [0.29, 0.717) is 6.54 Å². The lowest BCUT2D eigenvalue weighted by molar-refractivity contribution is -0.384. The van der Waals surface area contributed by atoms with E-state index in [2.05, 4.69) is 0 Å². The normalized spacial score (nSPS) is 12.9. The first kappa shape index (κ1) is 20.1. The average molecular weight is 399 g/mol. The van der Waals surface area contributed by atoms with Gasteiger partial charge in [0.1, 0.15) is 5.75 Å². The largest absolute Gasteiger partial charge is 0.497 e. The number of nitrogens with two attached hydrogens (primary N) is 1. The lowest BCUT2D eigenvalue weighted by atomic mass is 10.1. The number of rotatable bonds is 8. The number of anilines is 1. The molecule has 0 aliphatic heterocycles. The van der Waals surface area contributed by atoms with E-state index in [1.807, 2.05) is 24.3 Å². The number of benzene rings is 2. The number of nitro groups is 1. The summed E-state index contributed by atoms with van der Waals surface area (Å²) in [5, 5.41) is 10.8. The van der Waals surface area contributed by atoms with Crippen molar-refractivity contribution in [2.24, 2.45) is 0 Å². The third kappa shape index (κ3) is 5.01. The molecule has 2 N–H and O–H groups in total. The first-order valence-corrected chi connectivity index (χ1v) is 9.02. The fourth-order valence-corrected chi connectivity index (χ4v) is 2.87. The van der Waals surface area contributed by atoms with E-state index in [4.69, 9.17) is 15.2 Å². The zero-order valence-electron chi connectivity index (χ0n) is 15.9. The van der Waals surface area contributed by atoms with Crippen LogP contribution < -0.4 is 10.5 Å². The van der Waals surface area contributed by atoms with Crippen LogP contribution in [0.2, 0.25) is 0 Å². The number of methoxy groups -OCH3 is 1. The van der Waals surface area contributed by atoms with Gasteiger partial charge in [0.25, 0.3) is 11.6 Å². The molecule has 2 aromatic carbocycles. The highest BCUT2D eigenvalue weighted by Gasteiger charge is 2.33. The molecule has 9 nitrogen and oxygen atoms in total. The molecule has 1 fully saturated rings. The van der Waals surface area contributed by atoms with Gasteiger partial charge in [-0.25, -0.2) is 4.79 Å². The SMILES string of the molecule is COc1ccc(CN(C(=O)COC(=O)c2ccc([N+](=O)[O-])cc2N)C2CC2)cc1. The summed E-state index contributed by atoms with van der Waals surface area (Å²) >= 11 is 0. The highest BCUT2D eigenvalue weighted by atomic mass is 16.6. The number of nitrogen functional groups attached to an aromatic ring is 1. The second-order valence-corrected chi connectivity index (χ2v) is 6.71. The quantitative estimate of drug-likeness (QED) is 0.313. The molecule has 9 heteroatoms. The molecule has 1 amide bonds. The predicted octanol–water partition coefficient (Wildman–Crippen LogP) is 2.53. The summed E-state index contributed by atoms with van der Waals surface area (Å²) in [6.45, 7) is -0.0212. The van der Waals surface area contributed by atoms with Crippen LogP contribution in [0.4, 0.5) is 11.4 Å². The highest BCUT2D eigenvalue weighted by Crippen LogP contribution is 2.29. The first-order valence-electron chi connectivity index (χ1n) is 9.02. The van der Waals surface area contributed by atoms with Crippen molar-refractivity contribution in [1.29, 1.82) is 0 Å². The summed E-state index contributed by atoms with van der Waals surface area (Å²) < 4.78 is 10.2. The van der Waals surface area contributed by atoms with Gasteiger partial charge < -0.3 is 20.1 Å². The van der Waals surface area contributed by atoms with Gasteiger partial charge in [0.15, 0.2) is 6.61 Å². The summed E-state index contributed by atoms with van der Waals surface area (Å²) in [7, 11) is 1.58. The minimum Gasteiger partial charge on any atom is -0.497 e. The van der Waals surface area contributed by atoms with Gasteiger partial charge in [-0.2, -0.15) is 0 Å². The monoisotopic (exact) mass is 399 g/mol. The van der Waals surface area contributed by atoms with Gasteiger partial charge in [0.05, 0.1) is 23.3 Å². The van der Waals surface area contributed by atoms with Crippen LogP contribution in [0.3, 0.4) is 0 Å². The third-order valence-electron chi connectivity index (χ3n) is 4.61. The Labute approximate surface area is 167 Å². The number of non-ortho nitro benzene ring substituents is 1. The van der Waals surface area contributed by atoms with Gasteiger partial charge in [-0.3, -0.25) is 14.9 Å². The van der Waals surface area contributed by atoms with E-state index in [-0.39, 0.29) is 28.9 Å². The molecule has 29 heavy (non-hydrogen) atoms. The first-order chi connectivity index (χ1) is 13.9. The molecule has 1 aliphatic rings. The van der Waals surface area contributed by atoms with Gasteiger partial charge in [-0.05, 0) is 36.6 Å². The van der Waals surface area contributed by atoms with Gasteiger partial charge in [0.2, 0.25) is 0 Å². The Kier molecular flexibility index (Phi) is 5.96. The molecule has 3 rings (SSSR count). The van der Waals surface area contributed by atoms with E-state index in [9.17, 15) is 19.7 Å². The number of hydrogen-bond donors (Lipinski definition) is 1. The third-order valence-corrected chi connectivity index (χ3v) is 4.61. The predicted molar refractivity (Wildman–Crippen MR) is 104 cm³/mol. The van der Waals surface area contributed by atoms with Crippen LogP contribution in [0.25, 0.3) is 0 Å². The van der Waals surface area contributed by atoms with Crippen LogP contribution in [0.1, 0.15) is 28.8 Å². The van der Waals surface area contributed by atoms with Crippen LogP contribution >= 0.6 is 0 Å². The number of esters is 1. The maximum Gasteiger partial charge on any atom is 0.340 e. The van der Waals surface area contributed by atoms with Gasteiger partial charge in [-0.15, -0.1) is 0 Å². The summed E-state index contributed by atoms with van der Waals surface area (Å²) in [4.78, 5) is 36.7. The maximum atomic E-state index is 12.6. The molecule has 0 atom stereocenters. The van der Waals surface area contributed by atoms with Crippen molar-refractivity contribution in [3.63, 3.8) is 0 Å². The van der Waals surface area contributed by atoms with Gasteiger partial charge in [0, 0.05) is 24.7 Å². The van der Waals surface area contributed by atoms with Crippen LogP contribution in [0, 0.1) is 10.1 Å². The summed E-state index contributed by atoms with van der Waals surface area (Å²) in [6.07, 6.45) is 1.82. The van der Waals surface area contributed by atoms with E-state index >= 15 is 0 Å². The number of ether oxygens (including phenoxy) is 2. The highest BCUT2D eigenvalue weighted by molar-refractivity contribution is 5.96. The lowest BCUT2D eigenvalue weighted by Gasteiger charge is -2.22. The molecular formula is C20H21N3O6. The maximum absolute atomic E-state index is 12.6. The Balaban J connectivity index is 1.61. The van der Waals surface area contributed by atoms with Crippen molar-refractivity contribution in [3.8, 4) is 5.75 Å². The number of nitrogens with zero attached hydrogens (tertiary/aromatic N) is 2. The van der Waals surface area contributed by atoms with Crippen LogP contribution in [0.15, 0.2) is 42.5 Å². The minimum absolute atomic E-state index is 0.0171. The molecular weight excluding hydrogens is 378 g/mol. The smallest absolute Gasteiger partial charge is 0.340 e. The van der Waals surface area contributed by atoms with Crippen molar-refractivity contribution >= 4 is 23.3 Å². The summed E-state index contributed by atoms with van der Waals surface area (Å²) in [5.41, 5.74) is 6.32. The molecule has 0 unspecified atom stereocenters. The van der Waals surface area contributed by atoms with Crippen molar-refractivity contribution in [1.82, 2.24) is 4.90 Å². The number of carbonyl (C=O) groups is 2. The van der Waals surface area contributed by atoms with Crippen LogP contribution in [-0.2, 0) is 16.1 Å². The molecule has 0 bridgehead atoms. The zero-order chi connectivity index (χ0) is 21.0. The zero-order valence-corrected chi connectivity index (χ0v) is 15.9. The molecule has 0 aromatic heterocycles. The molecule has 0 radical (unpaired) electrons. The fraction of sp³-hybridized carbons (Fsp3) is 0.300. The summed E-state index contributed by atoms with van der Waals surface area (Å²) in [6, 6.07) is 11.0. The number of carbonyl (C=O) groups excluding carboxylic acids is 2. The Bertz CT molecular complexity index is 924. The van der Waals surface area contributed by atoms with Crippen molar-refractivity contribution in [2.45, 2.75) is 25.4 Å². The molecule has 0 spiro atoms. The molecule has 0 saturated heterocycles. The second kappa shape index (κ2) is 8.59. The minimum atomic E-state index is -0.800. The Morgan fingerprint density at radius 3 is 2.45 bits per heavy atom. The van der Waals surface area contributed by atoms with E-state index < -0.39 is 17.5 Å². The van der Waals surface area contributed by atoms with Gasteiger partial charge >= 0.3 is 5.97 Å². The summed E-state index contributed by atoms with van der Waals surface area (Å²) in [5.74, 6) is -0.379. The van der Waals surface area contributed by atoms with E-state index in [1.165, 1.54) is 6.07 Å². The fourth-order valence-electron chi connectivity index (χ4n) is 2.87.